The van der Waals surface area contributed by atoms with Crippen LogP contribution < -0.4 is 20.4 Å². The zero-order valence-electron chi connectivity index (χ0n) is 51.7. The first-order valence-corrected chi connectivity index (χ1v) is 30.0. The summed E-state index contributed by atoms with van der Waals surface area (Å²) < 4.78 is 43.0. The van der Waals surface area contributed by atoms with Gasteiger partial charge in [-0.3, -0.25) is 34.7 Å². The minimum atomic E-state index is -1.90. The number of aryl methyl sites for hydroxylation is 1. The molecule has 3 saturated heterocycles. The van der Waals surface area contributed by atoms with Crippen molar-refractivity contribution in [1.29, 1.82) is 0 Å². The predicted octanol–water partition coefficient (Wildman–Crippen LogP) is 5.23. The number of hydrazine groups is 1. The maximum atomic E-state index is 14.5. The van der Waals surface area contributed by atoms with Gasteiger partial charge in [0.25, 0.3) is 0 Å². The number of aliphatic hydroxyl groups is 1. The van der Waals surface area contributed by atoms with Crippen LogP contribution in [0.4, 0.5) is 10.5 Å². The number of fused-ring (bicyclic) bond motifs is 6. The van der Waals surface area contributed by atoms with E-state index in [0.29, 0.717) is 56.9 Å². The van der Waals surface area contributed by atoms with Gasteiger partial charge in [-0.2, -0.15) is 0 Å². The molecular formula is C62H87ClN8O16. The summed E-state index contributed by atoms with van der Waals surface area (Å²) in [4.78, 5) is 101. The Morgan fingerprint density at radius 3 is 2.36 bits per heavy atom. The molecule has 0 aliphatic carbocycles. The fourth-order valence-corrected chi connectivity index (χ4v) is 12.0. The van der Waals surface area contributed by atoms with E-state index in [-0.39, 0.29) is 88.0 Å². The standard InChI is InChI=1S/C62H87ClN8O16/c1-39-14-13-17-50(82-10)62(80)37-49(85-60(79)65-62)40(2)58-61(4,87-58)51(36-55(75)68(8)47-33-42(32-39)34-48(81-9)57(47)63)86-59(78)41(3)67(7)52(72)18-19-54(74)71(27-29-84-31-30-83-28-23-56(76)77)44-20-24-69(25-21-44)53(73)22-26-70-45(38-66(6)64-5)35-43-15-11-12-16-46(43)70/h11-17,33-35,40-41,44,49-51,58,64,80H,18-32,36-38H2,1-10H3,(H,65,79)(H,76,77)/b17-13+,39-14+/t40-,41+,49+,50-,51+,58+,61+,62+/m1/s1. The van der Waals surface area contributed by atoms with Crippen molar-refractivity contribution < 1.29 is 76.9 Å². The third-order valence-corrected chi connectivity index (χ3v) is 17.6. The molecule has 4 bridgehead atoms. The number of benzene rings is 2. The highest BCUT2D eigenvalue weighted by Crippen LogP contribution is 2.49. The summed E-state index contributed by atoms with van der Waals surface area (Å²) in [6.07, 6.45) is 0.819. The van der Waals surface area contributed by atoms with Crippen molar-refractivity contribution in [3.8, 4) is 5.75 Å². The Balaban J connectivity index is 1.03. The second-order valence-electron chi connectivity index (χ2n) is 23.1. The van der Waals surface area contributed by atoms with Crippen molar-refractivity contribution in [1.82, 2.24) is 35.0 Å². The van der Waals surface area contributed by atoms with Crippen molar-refractivity contribution in [2.24, 2.45) is 5.92 Å². The van der Waals surface area contributed by atoms with E-state index in [2.05, 4.69) is 33.5 Å². The van der Waals surface area contributed by atoms with Gasteiger partial charge in [-0.15, -0.1) is 0 Å². The number of hydrogen-bond acceptors (Lipinski definition) is 17. The summed E-state index contributed by atoms with van der Waals surface area (Å²) in [6, 6.07) is 12.3. The van der Waals surface area contributed by atoms with E-state index in [1.165, 1.54) is 38.0 Å². The molecule has 25 heteroatoms. The van der Waals surface area contributed by atoms with Crippen LogP contribution in [-0.4, -0.2) is 212 Å². The molecule has 0 radical (unpaired) electrons. The number of epoxide rings is 1. The summed E-state index contributed by atoms with van der Waals surface area (Å²) in [6.45, 7) is 9.42. The number of carboxylic acid groups (broad SMARTS) is 1. The van der Waals surface area contributed by atoms with Crippen molar-refractivity contribution in [2.75, 3.05) is 93.4 Å². The Hall–Kier alpha value is -6.64. The number of nitrogens with zero attached hydrogens (tertiary/aromatic N) is 6. The number of alkyl carbamates (subject to hydrolysis) is 1. The normalized spacial score (nSPS) is 24.9. The van der Waals surface area contributed by atoms with Crippen LogP contribution in [0.15, 0.2) is 66.3 Å². The topological polar surface area (TPSA) is 273 Å². The average Bonchev–Trinajstić information content (AvgIpc) is 1.92. The molecule has 7 rings (SSSR count). The maximum Gasteiger partial charge on any atom is 0.409 e. The molecule has 3 aromatic rings. The van der Waals surface area contributed by atoms with Gasteiger partial charge in [-0.1, -0.05) is 60.5 Å². The number of carboxylic acids is 1. The highest BCUT2D eigenvalue weighted by molar-refractivity contribution is 6.35. The highest BCUT2D eigenvalue weighted by atomic mass is 35.5. The van der Waals surface area contributed by atoms with Gasteiger partial charge >= 0.3 is 18.0 Å². The summed E-state index contributed by atoms with van der Waals surface area (Å²) in [5.74, 6) is -3.51. The summed E-state index contributed by atoms with van der Waals surface area (Å²) in [5.41, 5.74) is 3.98. The second-order valence-corrected chi connectivity index (χ2v) is 23.5. The number of esters is 1. The van der Waals surface area contributed by atoms with Crippen molar-refractivity contribution >= 4 is 69.9 Å². The predicted molar refractivity (Wildman–Crippen MR) is 322 cm³/mol. The van der Waals surface area contributed by atoms with Crippen molar-refractivity contribution in [3.05, 3.63) is 82.5 Å². The number of nitrogens with one attached hydrogen (secondary N) is 2. The van der Waals surface area contributed by atoms with Gasteiger partial charge in [0.05, 0.1) is 64.7 Å². The average molecular weight is 1240 g/mol. The molecule has 1 aromatic heterocycles. The molecule has 3 fully saturated rings. The van der Waals surface area contributed by atoms with E-state index >= 15 is 0 Å². The Morgan fingerprint density at radius 2 is 1.67 bits per heavy atom. The lowest BCUT2D eigenvalue weighted by Gasteiger charge is -2.42. The first kappa shape index (κ1) is 67.9. The lowest BCUT2D eigenvalue weighted by molar-refractivity contribution is -0.162. The SMILES string of the molecule is CNN(C)Cc1cc2ccccc2n1CCC(=O)N1CCC(N(CCOCCOCCC(=O)O)C(=O)CCC(=O)N(C)[C@@H](C)C(=O)O[C@H]2CC(=O)N(C)c3cc(cc(OC)c3Cl)C/C(C)=C/C=C/[C@@H](OC)[C@@]3(O)C[C@H](OC(=O)N3)[C@@H](C)[C@@H]3O[C@@]23C)CC1. The van der Waals surface area contributed by atoms with Gasteiger partial charge in [0, 0.05) is 103 Å². The summed E-state index contributed by atoms with van der Waals surface area (Å²) >= 11 is 6.87. The fraction of sp³-hybridized carbons (Fsp3) is 0.597. The monoisotopic (exact) mass is 1230 g/mol. The number of halogens is 1. The minimum Gasteiger partial charge on any atom is -0.495 e. The van der Waals surface area contributed by atoms with Crippen LogP contribution in [0.25, 0.3) is 10.9 Å². The van der Waals surface area contributed by atoms with Crippen molar-refractivity contribution in [3.63, 3.8) is 0 Å². The molecule has 5 heterocycles. The smallest absolute Gasteiger partial charge is 0.409 e. The van der Waals surface area contributed by atoms with Crippen LogP contribution in [0.1, 0.15) is 90.3 Å². The summed E-state index contributed by atoms with van der Waals surface area (Å²) in [7, 11) is 9.66. The van der Waals surface area contributed by atoms with Crippen LogP contribution in [0.5, 0.6) is 5.75 Å². The number of carbonyl (C=O) groups excluding carboxylic acids is 6. The Labute approximate surface area is 513 Å². The largest absolute Gasteiger partial charge is 0.495 e. The lowest BCUT2D eigenvalue weighted by atomic mass is 9.83. The van der Waals surface area contributed by atoms with Gasteiger partial charge < -0.3 is 67.5 Å². The lowest BCUT2D eigenvalue weighted by Crippen LogP contribution is -2.63. The number of aliphatic carboxylic acids is 1. The number of allylic oxidation sites excluding steroid dienone is 3. The van der Waals surface area contributed by atoms with Gasteiger partial charge in [-0.25, -0.2) is 14.6 Å². The quantitative estimate of drug-likeness (QED) is 0.0387. The van der Waals surface area contributed by atoms with Crippen LogP contribution in [-0.2, 0) is 76.7 Å². The molecule has 4 N–H and O–H groups in total. The molecular weight excluding hydrogens is 1150 g/mol. The molecule has 0 unspecified atom stereocenters. The molecule has 0 spiro atoms. The fourth-order valence-electron chi connectivity index (χ4n) is 11.7. The molecule has 4 aliphatic rings. The first-order chi connectivity index (χ1) is 41.4. The van der Waals surface area contributed by atoms with Gasteiger partial charge in [0.1, 0.15) is 40.7 Å². The number of likely N-dealkylation sites (N-methyl/N-ethyl adjacent to an activating group) is 1. The molecule has 87 heavy (non-hydrogen) atoms. The Bertz CT molecular complexity index is 3000. The van der Waals surface area contributed by atoms with E-state index in [0.717, 1.165) is 27.7 Å². The number of hydrogen-bond donors (Lipinski definition) is 4. The molecule has 5 amide bonds. The van der Waals surface area contributed by atoms with Gasteiger partial charge in [0.2, 0.25) is 23.6 Å². The number of aromatic nitrogens is 1. The Morgan fingerprint density at radius 1 is 0.966 bits per heavy atom. The number of amides is 5. The van der Waals surface area contributed by atoms with E-state index < -0.39 is 84.0 Å². The number of anilines is 1. The molecule has 8 atom stereocenters. The number of para-hydroxylation sites is 1. The zero-order chi connectivity index (χ0) is 63.3. The first-order valence-electron chi connectivity index (χ1n) is 29.7. The molecule has 4 aliphatic heterocycles. The number of ether oxygens (including phenoxy) is 7. The number of carbonyl (C=O) groups is 7. The number of rotatable bonds is 24. The van der Waals surface area contributed by atoms with E-state index in [9.17, 15) is 38.7 Å². The highest BCUT2D eigenvalue weighted by Gasteiger charge is 2.64. The van der Waals surface area contributed by atoms with E-state index in [4.69, 9.17) is 49.9 Å². The van der Waals surface area contributed by atoms with E-state index in [1.807, 2.05) is 49.1 Å². The zero-order valence-corrected chi connectivity index (χ0v) is 52.5. The summed E-state index contributed by atoms with van der Waals surface area (Å²) in [5, 5.41) is 26.7. The number of methoxy groups -OCH3 is 2. The number of likely N-dealkylation sites (tertiary alicyclic amines) is 1. The van der Waals surface area contributed by atoms with Gasteiger partial charge in [0.15, 0.2) is 5.72 Å². The Kier molecular flexibility index (Phi) is 23.8. The van der Waals surface area contributed by atoms with Gasteiger partial charge in [-0.05, 0) is 82.3 Å². The molecule has 24 nitrogen and oxygen atoms in total. The molecule has 478 valence electrons. The van der Waals surface area contributed by atoms with Crippen LogP contribution in [0.2, 0.25) is 5.02 Å². The number of piperidine rings is 1. The van der Waals surface area contributed by atoms with Crippen LogP contribution in [0, 0.1) is 5.92 Å². The van der Waals surface area contributed by atoms with E-state index in [1.54, 1.807) is 50.1 Å². The minimum absolute atomic E-state index is 0.00142. The van der Waals surface area contributed by atoms with Crippen LogP contribution >= 0.6 is 11.6 Å². The van der Waals surface area contributed by atoms with Crippen LogP contribution in [0.3, 0.4) is 0 Å². The third kappa shape index (κ3) is 17.2. The molecule has 2 aromatic carbocycles. The second kappa shape index (κ2) is 30.5. The molecule has 0 saturated carbocycles. The van der Waals surface area contributed by atoms with Crippen molar-refractivity contribution in [2.45, 2.75) is 146 Å². The third-order valence-electron chi connectivity index (χ3n) is 17.2. The maximum absolute atomic E-state index is 14.5.